The fourth-order valence-electron chi connectivity index (χ4n) is 2.31. The van der Waals surface area contributed by atoms with Gasteiger partial charge in [0.1, 0.15) is 0 Å². The summed E-state index contributed by atoms with van der Waals surface area (Å²) in [5.41, 5.74) is -0.0831. The molecule has 2 rings (SSSR count). The molecule has 1 aromatic carbocycles. The van der Waals surface area contributed by atoms with Crippen LogP contribution in [-0.4, -0.2) is 13.1 Å². The third-order valence-corrected chi connectivity index (χ3v) is 3.80. The lowest BCUT2D eigenvalue weighted by molar-refractivity contribution is -0.138. The van der Waals surface area contributed by atoms with Crippen LogP contribution in [0.1, 0.15) is 29.9 Å². The highest BCUT2D eigenvalue weighted by Gasteiger charge is 2.36. The van der Waals surface area contributed by atoms with E-state index < -0.39 is 11.7 Å². The second-order valence-electron chi connectivity index (χ2n) is 4.22. The number of alkyl halides is 3. The van der Waals surface area contributed by atoms with Gasteiger partial charge in [0.05, 0.1) is 5.56 Å². The second-order valence-corrected chi connectivity index (χ2v) is 5.08. The zero-order chi connectivity index (χ0) is 12.5. The molecule has 94 valence electrons. The van der Waals surface area contributed by atoms with Gasteiger partial charge in [-0.2, -0.15) is 13.2 Å². The highest BCUT2D eigenvalue weighted by molar-refractivity contribution is 9.10. The molecule has 1 nitrogen and oxygen atoms in total. The van der Waals surface area contributed by atoms with Gasteiger partial charge in [0.25, 0.3) is 0 Å². The first kappa shape index (κ1) is 12.9. The van der Waals surface area contributed by atoms with Gasteiger partial charge in [0.15, 0.2) is 0 Å². The van der Waals surface area contributed by atoms with Crippen LogP contribution in [0.25, 0.3) is 0 Å². The Morgan fingerprint density at radius 2 is 1.82 bits per heavy atom. The quantitative estimate of drug-likeness (QED) is 0.829. The summed E-state index contributed by atoms with van der Waals surface area (Å²) in [5, 5.41) is 3.17. The maximum absolute atomic E-state index is 12.9. The van der Waals surface area contributed by atoms with E-state index in [1.54, 1.807) is 6.07 Å². The summed E-state index contributed by atoms with van der Waals surface area (Å²) in [7, 11) is 0. The molecule has 0 saturated carbocycles. The lowest BCUT2D eigenvalue weighted by Crippen LogP contribution is -2.28. The van der Waals surface area contributed by atoms with Gasteiger partial charge in [-0.1, -0.05) is 22.0 Å². The molecule has 0 aromatic heterocycles. The lowest BCUT2D eigenvalue weighted by atomic mass is 9.87. The molecule has 0 unspecified atom stereocenters. The molecule has 1 saturated heterocycles. The number of rotatable bonds is 1. The largest absolute Gasteiger partial charge is 0.416 e. The van der Waals surface area contributed by atoms with E-state index in [0.29, 0.717) is 10.0 Å². The lowest BCUT2D eigenvalue weighted by Gasteiger charge is -2.26. The molecule has 0 amide bonds. The number of piperidine rings is 1. The molecule has 1 heterocycles. The summed E-state index contributed by atoms with van der Waals surface area (Å²) < 4.78 is 39.4. The van der Waals surface area contributed by atoms with E-state index in [9.17, 15) is 13.2 Å². The first-order valence-corrected chi connectivity index (χ1v) is 6.36. The number of hydrogen-bond donors (Lipinski definition) is 1. The minimum atomic E-state index is -4.27. The second kappa shape index (κ2) is 4.98. The Morgan fingerprint density at radius 3 is 2.41 bits per heavy atom. The van der Waals surface area contributed by atoms with Crippen LogP contribution in [0.3, 0.4) is 0 Å². The molecular weight excluding hydrogens is 295 g/mol. The fraction of sp³-hybridized carbons (Fsp3) is 0.500. The van der Waals surface area contributed by atoms with Gasteiger partial charge in [-0.3, -0.25) is 0 Å². The standard InChI is InChI=1S/C12H13BrF3N/c13-10-3-1-2-9(12(14,15)16)11(10)8-4-6-17-7-5-8/h1-3,8,17H,4-7H2. The molecule has 0 spiro atoms. The summed E-state index contributed by atoms with van der Waals surface area (Å²) in [5.74, 6) is -0.0107. The Hall–Kier alpha value is -0.550. The Bertz CT molecular complexity index is 397. The van der Waals surface area contributed by atoms with Crippen molar-refractivity contribution in [1.82, 2.24) is 5.32 Å². The minimum Gasteiger partial charge on any atom is -0.317 e. The van der Waals surface area contributed by atoms with Crippen molar-refractivity contribution in [3.8, 4) is 0 Å². The van der Waals surface area contributed by atoms with Crippen molar-refractivity contribution in [2.24, 2.45) is 0 Å². The van der Waals surface area contributed by atoms with Crippen LogP contribution >= 0.6 is 15.9 Å². The Morgan fingerprint density at radius 1 is 1.18 bits per heavy atom. The molecule has 0 bridgehead atoms. The molecule has 17 heavy (non-hydrogen) atoms. The van der Waals surface area contributed by atoms with Crippen LogP contribution in [0.4, 0.5) is 13.2 Å². The van der Waals surface area contributed by atoms with Crippen molar-refractivity contribution in [1.29, 1.82) is 0 Å². The topological polar surface area (TPSA) is 12.0 Å². The summed E-state index contributed by atoms with van der Waals surface area (Å²) in [6.45, 7) is 1.56. The van der Waals surface area contributed by atoms with Crippen LogP contribution in [0.5, 0.6) is 0 Å². The molecular formula is C12H13BrF3N. The van der Waals surface area contributed by atoms with Crippen molar-refractivity contribution >= 4 is 15.9 Å². The highest BCUT2D eigenvalue weighted by atomic mass is 79.9. The first-order valence-electron chi connectivity index (χ1n) is 5.56. The van der Waals surface area contributed by atoms with E-state index in [2.05, 4.69) is 21.2 Å². The third-order valence-electron chi connectivity index (χ3n) is 3.11. The third kappa shape index (κ3) is 2.83. The zero-order valence-electron chi connectivity index (χ0n) is 9.15. The summed E-state index contributed by atoms with van der Waals surface area (Å²) in [4.78, 5) is 0. The summed E-state index contributed by atoms with van der Waals surface area (Å²) in [6, 6.07) is 4.30. The van der Waals surface area contributed by atoms with Gasteiger partial charge in [-0.25, -0.2) is 0 Å². The van der Waals surface area contributed by atoms with Gasteiger partial charge in [0, 0.05) is 4.47 Å². The molecule has 0 atom stereocenters. The predicted octanol–water partition coefficient (Wildman–Crippen LogP) is 3.93. The van der Waals surface area contributed by atoms with E-state index in [0.717, 1.165) is 25.9 Å². The van der Waals surface area contributed by atoms with Gasteiger partial charge >= 0.3 is 6.18 Å². The van der Waals surface area contributed by atoms with Gasteiger partial charge in [0.2, 0.25) is 0 Å². The smallest absolute Gasteiger partial charge is 0.317 e. The van der Waals surface area contributed by atoms with E-state index >= 15 is 0 Å². The maximum Gasteiger partial charge on any atom is 0.416 e. The van der Waals surface area contributed by atoms with Gasteiger partial charge < -0.3 is 5.32 Å². The van der Waals surface area contributed by atoms with E-state index in [4.69, 9.17) is 0 Å². The Kier molecular flexibility index (Phi) is 3.78. The van der Waals surface area contributed by atoms with Crippen LogP contribution in [0.2, 0.25) is 0 Å². The zero-order valence-corrected chi connectivity index (χ0v) is 10.7. The molecule has 0 radical (unpaired) electrons. The Labute approximate surface area is 107 Å². The molecule has 1 aliphatic rings. The van der Waals surface area contributed by atoms with Crippen molar-refractivity contribution in [3.63, 3.8) is 0 Å². The number of hydrogen-bond acceptors (Lipinski definition) is 1. The molecule has 1 aliphatic heterocycles. The van der Waals surface area contributed by atoms with Crippen molar-refractivity contribution in [3.05, 3.63) is 33.8 Å². The minimum absolute atomic E-state index is 0.0107. The number of benzene rings is 1. The normalized spacial score (nSPS) is 18.4. The highest BCUT2D eigenvalue weighted by Crippen LogP contribution is 2.41. The van der Waals surface area contributed by atoms with Crippen molar-refractivity contribution in [2.45, 2.75) is 24.9 Å². The first-order chi connectivity index (χ1) is 8.00. The SMILES string of the molecule is FC(F)(F)c1cccc(Br)c1C1CCNCC1. The fourth-order valence-corrected chi connectivity index (χ4v) is 3.00. The predicted molar refractivity (Wildman–Crippen MR) is 64.0 cm³/mol. The van der Waals surface area contributed by atoms with E-state index in [1.165, 1.54) is 12.1 Å². The average molecular weight is 308 g/mol. The average Bonchev–Trinajstić information content (AvgIpc) is 2.28. The maximum atomic E-state index is 12.9. The molecule has 5 heteroatoms. The van der Waals surface area contributed by atoms with Gasteiger partial charge in [-0.15, -0.1) is 0 Å². The van der Waals surface area contributed by atoms with Crippen LogP contribution < -0.4 is 5.32 Å². The van der Waals surface area contributed by atoms with E-state index in [-0.39, 0.29) is 5.92 Å². The van der Waals surface area contributed by atoms with Crippen molar-refractivity contribution in [2.75, 3.05) is 13.1 Å². The molecule has 1 fully saturated rings. The molecule has 1 aromatic rings. The van der Waals surface area contributed by atoms with Crippen molar-refractivity contribution < 1.29 is 13.2 Å². The van der Waals surface area contributed by atoms with E-state index in [1.807, 2.05) is 0 Å². The monoisotopic (exact) mass is 307 g/mol. The molecule has 1 N–H and O–H groups in total. The summed E-state index contributed by atoms with van der Waals surface area (Å²) >= 11 is 3.25. The van der Waals surface area contributed by atoms with Crippen LogP contribution in [0, 0.1) is 0 Å². The Balaban J connectivity index is 2.43. The number of nitrogens with one attached hydrogen (secondary N) is 1. The summed E-state index contributed by atoms with van der Waals surface area (Å²) in [6.07, 6.45) is -2.76. The van der Waals surface area contributed by atoms with Gasteiger partial charge in [-0.05, 0) is 49.5 Å². The van der Waals surface area contributed by atoms with Crippen LogP contribution in [0.15, 0.2) is 22.7 Å². The number of halogens is 4. The molecule has 0 aliphatic carbocycles. The van der Waals surface area contributed by atoms with Crippen LogP contribution in [-0.2, 0) is 6.18 Å².